The Labute approximate surface area is 283 Å². The van der Waals surface area contributed by atoms with Crippen LogP contribution in [0.2, 0.25) is 0 Å². The summed E-state index contributed by atoms with van der Waals surface area (Å²) in [4.78, 5) is 42.5. The Bertz CT molecular complexity index is 2130. The third-order valence-electron chi connectivity index (χ3n) is 7.29. The lowest BCUT2D eigenvalue weighted by atomic mass is 9.96. The summed E-state index contributed by atoms with van der Waals surface area (Å²) in [7, 11) is 0. The zero-order valence-electron chi connectivity index (χ0n) is 26.5. The zero-order chi connectivity index (χ0) is 34.5. The van der Waals surface area contributed by atoms with Gasteiger partial charge in [-0.1, -0.05) is 32.0 Å². The van der Waals surface area contributed by atoms with Gasteiger partial charge in [0.1, 0.15) is 11.6 Å². The van der Waals surface area contributed by atoms with Gasteiger partial charge in [0.05, 0.1) is 33.1 Å². The first kappa shape index (κ1) is 33.9. The molecule has 0 aliphatic heterocycles. The number of aromatic nitrogens is 2. The molecule has 0 fully saturated rings. The second-order valence-electron chi connectivity index (χ2n) is 11.1. The number of carbonyl (C=O) groups excluding carboxylic acids is 1. The van der Waals surface area contributed by atoms with Crippen LogP contribution in [0.15, 0.2) is 87.2 Å². The number of nitro groups is 1. The van der Waals surface area contributed by atoms with Crippen LogP contribution in [0, 0.1) is 22.9 Å². The Hall–Kier alpha value is -5.43. The van der Waals surface area contributed by atoms with Crippen LogP contribution in [0.3, 0.4) is 0 Å². The summed E-state index contributed by atoms with van der Waals surface area (Å²) in [5.41, 5.74) is 2.52. The number of aryl methyl sites for hydroxylation is 1. The molecule has 0 spiro atoms. The molecule has 0 saturated heterocycles. The number of hydrogen-bond donors (Lipinski definition) is 1. The molecule has 1 aromatic heterocycles. The highest BCUT2D eigenvalue weighted by Gasteiger charge is 2.22. The SMILES string of the molecule is CCOc1cc(C)c(-c2nc3ccccc3c(=O)n2N=Cc2cc(Br)c(OCC(=O)Nc3cccc(F)c3)c([N+](=O)[O-])c2)cc1C(C)C. The van der Waals surface area contributed by atoms with Crippen LogP contribution in [0.25, 0.3) is 22.3 Å². The molecule has 0 saturated carbocycles. The molecule has 0 unspecified atom stereocenters. The smallest absolute Gasteiger partial charge is 0.312 e. The van der Waals surface area contributed by atoms with E-state index >= 15 is 0 Å². The van der Waals surface area contributed by atoms with Crippen molar-refractivity contribution in [2.24, 2.45) is 5.10 Å². The standard InChI is InChI=1S/C35H31BrFN5O6/c1-5-47-31-13-21(4)27(17-26(31)20(2)3)34-40-29-12-7-6-11-25(29)35(44)41(34)38-18-22-14-28(36)33(30(15-22)42(45)46)48-19-32(43)39-24-10-8-9-23(37)16-24/h6-18,20H,5,19H2,1-4H3,(H,39,43). The van der Waals surface area contributed by atoms with Crippen LogP contribution >= 0.6 is 15.9 Å². The highest BCUT2D eigenvalue weighted by atomic mass is 79.9. The molecule has 11 nitrogen and oxygen atoms in total. The van der Waals surface area contributed by atoms with Gasteiger partial charge in [-0.3, -0.25) is 19.7 Å². The van der Waals surface area contributed by atoms with Crippen molar-refractivity contribution >= 4 is 50.3 Å². The molecule has 0 radical (unpaired) electrons. The zero-order valence-corrected chi connectivity index (χ0v) is 28.1. The number of halogens is 2. The summed E-state index contributed by atoms with van der Waals surface area (Å²) in [6.07, 6.45) is 1.31. The molecule has 4 aromatic carbocycles. The lowest BCUT2D eigenvalue weighted by Crippen LogP contribution is -2.21. The monoisotopic (exact) mass is 715 g/mol. The van der Waals surface area contributed by atoms with Gasteiger partial charge in [0.25, 0.3) is 11.5 Å². The van der Waals surface area contributed by atoms with Gasteiger partial charge in [0.2, 0.25) is 5.75 Å². The number of ether oxygens (including phenoxy) is 2. The molecule has 13 heteroatoms. The van der Waals surface area contributed by atoms with Gasteiger partial charge < -0.3 is 14.8 Å². The first-order valence-electron chi connectivity index (χ1n) is 15.0. The summed E-state index contributed by atoms with van der Waals surface area (Å²) >= 11 is 3.30. The molecular weight excluding hydrogens is 685 g/mol. The number of benzene rings is 4. The average molecular weight is 717 g/mol. The Kier molecular flexibility index (Phi) is 10.3. The average Bonchev–Trinajstić information content (AvgIpc) is 3.03. The molecule has 48 heavy (non-hydrogen) atoms. The van der Waals surface area contributed by atoms with E-state index in [9.17, 15) is 24.1 Å². The summed E-state index contributed by atoms with van der Waals surface area (Å²) < 4.78 is 26.2. The van der Waals surface area contributed by atoms with Crippen molar-refractivity contribution in [3.63, 3.8) is 0 Å². The molecule has 1 N–H and O–H groups in total. The predicted molar refractivity (Wildman–Crippen MR) is 186 cm³/mol. The third kappa shape index (κ3) is 7.41. The lowest BCUT2D eigenvalue weighted by Gasteiger charge is -2.18. The predicted octanol–water partition coefficient (Wildman–Crippen LogP) is 7.60. The van der Waals surface area contributed by atoms with E-state index in [1.54, 1.807) is 24.3 Å². The van der Waals surface area contributed by atoms with Crippen LogP contribution in [0.5, 0.6) is 11.5 Å². The van der Waals surface area contributed by atoms with Crippen molar-refractivity contribution in [1.29, 1.82) is 0 Å². The van der Waals surface area contributed by atoms with Crippen LogP contribution in [0.4, 0.5) is 15.8 Å². The summed E-state index contributed by atoms with van der Waals surface area (Å²) in [5, 5.41) is 19.4. The number of nitrogens with one attached hydrogen (secondary N) is 1. The maximum absolute atomic E-state index is 13.8. The normalized spacial score (nSPS) is 11.3. The van der Waals surface area contributed by atoms with Crippen molar-refractivity contribution in [3.05, 3.63) is 120 Å². The first-order valence-corrected chi connectivity index (χ1v) is 15.8. The minimum atomic E-state index is -0.659. The summed E-state index contributed by atoms with van der Waals surface area (Å²) in [6.45, 7) is 7.82. The Morgan fingerprint density at radius 3 is 2.60 bits per heavy atom. The fourth-order valence-corrected chi connectivity index (χ4v) is 5.64. The summed E-state index contributed by atoms with van der Waals surface area (Å²) in [6, 6.07) is 18.8. The number of nitrogens with zero attached hydrogens (tertiary/aromatic N) is 4. The van der Waals surface area contributed by atoms with Gasteiger partial charge >= 0.3 is 5.69 Å². The maximum Gasteiger partial charge on any atom is 0.312 e. The van der Waals surface area contributed by atoms with Gasteiger partial charge in [-0.05, 0) is 95.4 Å². The molecule has 5 aromatic rings. The fourth-order valence-electron chi connectivity index (χ4n) is 5.05. The number of anilines is 1. The second-order valence-corrected chi connectivity index (χ2v) is 11.9. The van der Waals surface area contributed by atoms with Gasteiger partial charge in [-0.2, -0.15) is 9.78 Å². The second kappa shape index (κ2) is 14.6. The highest BCUT2D eigenvalue weighted by molar-refractivity contribution is 9.10. The van der Waals surface area contributed by atoms with Crippen molar-refractivity contribution in [3.8, 4) is 22.9 Å². The van der Waals surface area contributed by atoms with E-state index in [0.29, 0.717) is 23.1 Å². The molecule has 0 atom stereocenters. The van der Waals surface area contributed by atoms with Crippen molar-refractivity contribution in [2.75, 3.05) is 18.5 Å². The first-order chi connectivity index (χ1) is 23.0. The van der Waals surface area contributed by atoms with Crippen molar-refractivity contribution in [1.82, 2.24) is 9.66 Å². The molecule has 0 aliphatic carbocycles. The van der Waals surface area contributed by atoms with Crippen LogP contribution in [-0.4, -0.2) is 39.9 Å². The van der Waals surface area contributed by atoms with E-state index in [1.807, 2.05) is 39.8 Å². The van der Waals surface area contributed by atoms with Gasteiger partial charge in [-0.15, -0.1) is 0 Å². The Morgan fingerprint density at radius 2 is 1.90 bits per heavy atom. The number of rotatable bonds is 11. The van der Waals surface area contributed by atoms with Crippen molar-refractivity contribution < 1.29 is 23.6 Å². The quantitative estimate of drug-likeness (QED) is 0.0844. The lowest BCUT2D eigenvalue weighted by molar-refractivity contribution is -0.385. The largest absolute Gasteiger partial charge is 0.494 e. The van der Waals surface area contributed by atoms with E-state index in [4.69, 9.17) is 14.5 Å². The Morgan fingerprint density at radius 1 is 1.12 bits per heavy atom. The van der Waals surface area contributed by atoms with E-state index in [1.165, 1.54) is 41.2 Å². The number of amides is 1. The minimum absolute atomic E-state index is 0.112. The molecule has 0 aliphatic rings. The molecule has 1 amide bonds. The fraction of sp³-hybridized carbons (Fsp3) is 0.200. The maximum atomic E-state index is 13.8. The molecule has 1 heterocycles. The topological polar surface area (TPSA) is 138 Å². The summed E-state index contributed by atoms with van der Waals surface area (Å²) in [5.74, 6) is -0.223. The number of para-hydroxylation sites is 1. The number of nitro benzene ring substituents is 1. The minimum Gasteiger partial charge on any atom is -0.494 e. The van der Waals surface area contributed by atoms with Gasteiger partial charge in [0, 0.05) is 22.9 Å². The van der Waals surface area contributed by atoms with E-state index in [-0.39, 0.29) is 33.2 Å². The third-order valence-corrected chi connectivity index (χ3v) is 7.88. The van der Waals surface area contributed by atoms with Crippen LogP contribution in [-0.2, 0) is 4.79 Å². The number of fused-ring (bicyclic) bond motifs is 1. The number of carbonyl (C=O) groups is 1. The Balaban J connectivity index is 1.53. The van der Waals surface area contributed by atoms with E-state index < -0.39 is 34.5 Å². The molecule has 246 valence electrons. The van der Waals surface area contributed by atoms with Crippen molar-refractivity contribution in [2.45, 2.75) is 33.6 Å². The highest BCUT2D eigenvalue weighted by Crippen LogP contribution is 2.37. The molecule has 5 rings (SSSR count). The van der Waals surface area contributed by atoms with Crippen LogP contribution < -0.4 is 20.3 Å². The number of hydrogen-bond acceptors (Lipinski definition) is 8. The van der Waals surface area contributed by atoms with Gasteiger partial charge in [-0.25, -0.2) is 9.37 Å². The molecule has 0 bridgehead atoms. The van der Waals surface area contributed by atoms with Gasteiger partial charge in [0.15, 0.2) is 12.4 Å². The van der Waals surface area contributed by atoms with E-state index in [0.717, 1.165) is 22.9 Å². The van der Waals surface area contributed by atoms with Crippen LogP contribution in [0.1, 0.15) is 43.4 Å². The van der Waals surface area contributed by atoms with E-state index in [2.05, 4.69) is 26.3 Å². The molecular formula is C35H31BrFN5O6.